The molecule has 0 aliphatic rings. The first-order valence-corrected chi connectivity index (χ1v) is 4.75. The predicted octanol–water partition coefficient (Wildman–Crippen LogP) is 1.13. The van der Waals surface area contributed by atoms with Crippen LogP contribution >= 0.6 is 0 Å². The van der Waals surface area contributed by atoms with Crippen LogP contribution in [0.2, 0.25) is 0 Å². The second-order valence-electron chi connectivity index (χ2n) is 3.41. The maximum absolute atomic E-state index is 4.19. The molecule has 0 spiro atoms. The van der Waals surface area contributed by atoms with Crippen molar-refractivity contribution >= 4 is 5.82 Å². The lowest BCUT2D eigenvalue weighted by atomic mass is 10.3. The molecule has 78 valence electrons. The molecule has 15 heavy (non-hydrogen) atoms. The fourth-order valence-electron chi connectivity index (χ4n) is 1.27. The van der Waals surface area contributed by atoms with Crippen molar-refractivity contribution in [2.24, 2.45) is 7.05 Å². The summed E-state index contributed by atoms with van der Waals surface area (Å²) in [7, 11) is 1.85. The fraction of sp³-hybridized carbons (Fsp3) is 0.300. The highest BCUT2D eigenvalue weighted by Crippen LogP contribution is 2.05. The molecule has 2 aromatic rings. The molecular formula is C10H13N5. The first-order chi connectivity index (χ1) is 7.24. The average Bonchev–Trinajstić information content (AvgIpc) is 2.62. The summed E-state index contributed by atoms with van der Waals surface area (Å²) in [5, 5.41) is 7.33. The van der Waals surface area contributed by atoms with Gasteiger partial charge in [0.1, 0.15) is 12.1 Å². The summed E-state index contributed by atoms with van der Waals surface area (Å²) >= 11 is 0. The van der Waals surface area contributed by atoms with E-state index in [4.69, 9.17) is 0 Å². The van der Waals surface area contributed by atoms with Gasteiger partial charge < -0.3 is 5.32 Å². The number of pyridine rings is 1. The smallest absolute Gasteiger partial charge is 0.169 e. The molecule has 0 saturated heterocycles. The molecule has 2 heterocycles. The van der Waals surface area contributed by atoms with Crippen LogP contribution < -0.4 is 5.32 Å². The summed E-state index contributed by atoms with van der Waals surface area (Å²) in [6.07, 6.45) is 3.46. The largest absolute Gasteiger partial charge is 0.363 e. The number of rotatable bonds is 3. The molecule has 0 radical (unpaired) electrons. The minimum absolute atomic E-state index is 0.595. The summed E-state index contributed by atoms with van der Waals surface area (Å²) in [6, 6.07) is 3.95. The number of nitrogens with one attached hydrogen (secondary N) is 1. The fourth-order valence-corrected chi connectivity index (χ4v) is 1.27. The zero-order chi connectivity index (χ0) is 10.7. The Labute approximate surface area is 88.2 Å². The van der Waals surface area contributed by atoms with Gasteiger partial charge in [0.25, 0.3) is 0 Å². The van der Waals surface area contributed by atoms with E-state index in [0.29, 0.717) is 6.54 Å². The van der Waals surface area contributed by atoms with Gasteiger partial charge in [-0.2, -0.15) is 5.10 Å². The molecule has 0 atom stereocenters. The third-order valence-electron chi connectivity index (χ3n) is 1.99. The first kappa shape index (κ1) is 9.64. The highest BCUT2D eigenvalue weighted by Gasteiger charge is 1.99. The van der Waals surface area contributed by atoms with E-state index < -0.39 is 0 Å². The molecular weight excluding hydrogens is 190 g/mol. The first-order valence-electron chi connectivity index (χ1n) is 4.75. The molecule has 5 nitrogen and oxygen atoms in total. The average molecular weight is 203 g/mol. The van der Waals surface area contributed by atoms with Crippen molar-refractivity contribution in [2.75, 3.05) is 5.32 Å². The molecule has 2 rings (SSSR count). The van der Waals surface area contributed by atoms with E-state index >= 15 is 0 Å². The molecule has 0 unspecified atom stereocenters. The molecule has 0 aliphatic heterocycles. The zero-order valence-electron chi connectivity index (χ0n) is 8.81. The lowest BCUT2D eigenvalue weighted by Crippen LogP contribution is -2.03. The van der Waals surface area contributed by atoms with E-state index in [-0.39, 0.29) is 0 Å². The van der Waals surface area contributed by atoms with Crippen LogP contribution in [0.15, 0.2) is 24.7 Å². The van der Waals surface area contributed by atoms with Crippen LogP contribution in [0.25, 0.3) is 0 Å². The van der Waals surface area contributed by atoms with Gasteiger partial charge in [0, 0.05) is 13.2 Å². The van der Waals surface area contributed by atoms with Gasteiger partial charge in [0.15, 0.2) is 5.82 Å². The Kier molecular flexibility index (Phi) is 2.62. The predicted molar refractivity (Wildman–Crippen MR) is 57.3 cm³/mol. The van der Waals surface area contributed by atoms with E-state index in [1.165, 1.54) is 5.56 Å². The van der Waals surface area contributed by atoms with Crippen LogP contribution in [0, 0.1) is 6.92 Å². The summed E-state index contributed by atoms with van der Waals surface area (Å²) in [5.74, 6) is 1.61. The minimum Gasteiger partial charge on any atom is -0.363 e. The maximum atomic E-state index is 4.19. The Morgan fingerprint density at radius 3 is 2.93 bits per heavy atom. The zero-order valence-corrected chi connectivity index (χ0v) is 8.81. The Hall–Kier alpha value is -1.91. The van der Waals surface area contributed by atoms with Crippen molar-refractivity contribution in [1.82, 2.24) is 19.7 Å². The number of hydrogen-bond donors (Lipinski definition) is 1. The van der Waals surface area contributed by atoms with E-state index in [1.807, 2.05) is 26.1 Å². The second-order valence-corrected chi connectivity index (χ2v) is 3.41. The van der Waals surface area contributed by atoms with E-state index in [9.17, 15) is 0 Å². The highest BCUT2D eigenvalue weighted by atomic mass is 15.3. The van der Waals surface area contributed by atoms with Gasteiger partial charge in [0.05, 0.1) is 6.54 Å². The topological polar surface area (TPSA) is 55.6 Å². The van der Waals surface area contributed by atoms with Crippen LogP contribution in [-0.2, 0) is 13.6 Å². The van der Waals surface area contributed by atoms with Gasteiger partial charge in [0.2, 0.25) is 0 Å². The molecule has 0 bridgehead atoms. The van der Waals surface area contributed by atoms with Gasteiger partial charge in [-0.1, -0.05) is 0 Å². The molecule has 1 N–H and O–H groups in total. The van der Waals surface area contributed by atoms with E-state index in [1.54, 1.807) is 17.2 Å². The van der Waals surface area contributed by atoms with Crippen LogP contribution in [0.5, 0.6) is 0 Å². The molecule has 2 aromatic heterocycles. The maximum Gasteiger partial charge on any atom is 0.169 e. The normalized spacial score (nSPS) is 10.3. The van der Waals surface area contributed by atoms with Gasteiger partial charge in [-0.15, -0.1) is 0 Å². The van der Waals surface area contributed by atoms with Crippen molar-refractivity contribution in [1.29, 1.82) is 0 Å². The number of aromatic nitrogens is 4. The van der Waals surface area contributed by atoms with Crippen LogP contribution in [0.3, 0.4) is 0 Å². The monoisotopic (exact) mass is 203 g/mol. The molecule has 5 heteroatoms. The quantitative estimate of drug-likeness (QED) is 0.812. The standard InChI is InChI=1S/C10H13N5/c1-8-3-4-11-9(5-8)12-6-10-13-7-15(2)14-10/h3-5,7H,6H2,1-2H3,(H,11,12). The summed E-state index contributed by atoms with van der Waals surface area (Å²) < 4.78 is 1.68. The van der Waals surface area contributed by atoms with Crippen LogP contribution in [0.1, 0.15) is 11.4 Å². The van der Waals surface area contributed by atoms with Gasteiger partial charge in [-0.05, 0) is 24.6 Å². The van der Waals surface area contributed by atoms with Gasteiger partial charge in [-0.3, -0.25) is 4.68 Å². The van der Waals surface area contributed by atoms with Crippen molar-refractivity contribution in [3.8, 4) is 0 Å². The van der Waals surface area contributed by atoms with E-state index in [2.05, 4.69) is 20.4 Å². The summed E-state index contributed by atoms with van der Waals surface area (Å²) in [6.45, 7) is 2.63. The third kappa shape index (κ3) is 2.52. The van der Waals surface area contributed by atoms with Crippen LogP contribution in [0.4, 0.5) is 5.82 Å². The number of aryl methyl sites for hydroxylation is 2. The number of nitrogens with zero attached hydrogens (tertiary/aromatic N) is 4. The lowest BCUT2D eigenvalue weighted by molar-refractivity contribution is 0.747. The number of anilines is 1. The van der Waals surface area contributed by atoms with Crippen molar-refractivity contribution in [3.05, 3.63) is 36.0 Å². The number of hydrogen-bond acceptors (Lipinski definition) is 4. The Morgan fingerprint density at radius 1 is 1.40 bits per heavy atom. The molecule has 0 aliphatic carbocycles. The van der Waals surface area contributed by atoms with Crippen molar-refractivity contribution in [3.63, 3.8) is 0 Å². The minimum atomic E-state index is 0.595. The Bertz CT molecular complexity index is 449. The third-order valence-corrected chi connectivity index (χ3v) is 1.99. The summed E-state index contributed by atoms with van der Waals surface area (Å²) in [4.78, 5) is 8.30. The van der Waals surface area contributed by atoms with Gasteiger partial charge >= 0.3 is 0 Å². The van der Waals surface area contributed by atoms with E-state index in [0.717, 1.165) is 11.6 Å². The molecule has 0 amide bonds. The Morgan fingerprint density at radius 2 is 2.27 bits per heavy atom. The molecule has 0 fully saturated rings. The Balaban J connectivity index is 1.99. The highest BCUT2D eigenvalue weighted by molar-refractivity contribution is 5.36. The van der Waals surface area contributed by atoms with Crippen molar-refractivity contribution < 1.29 is 0 Å². The summed E-state index contributed by atoms with van der Waals surface area (Å²) in [5.41, 5.74) is 1.18. The molecule has 0 aromatic carbocycles. The van der Waals surface area contributed by atoms with Crippen molar-refractivity contribution in [2.45, 2.75) is 13.5 Å². The second kappa shape index (κ2) is 4.08. The SMILES string of the molecule is Cc1ccnc(NCc2ncn(C)n2)c1. The lowest BCUT2D eigenvalue weighted by Gasteiger charge is -2.02. The molecule has 0 saturated carbocycles. The van der Waals surface area contributed by atoms with Gasteiger partial charge in [-0.25, -0.2) is 9.97 Å². The van der Waals surface area contributed by atoms with Crippen LogP contribution in [-0.4, -0.2) is 19.7 Å².